The number of para-hydroxylation sites is 2. The minimum atomic E-state index is -1.11. The molecule has 0 N–H and O–H groups in total. The summed E-state index contributed by atoms with van der Waals surface area (Å²) in [7, 11) is 0. The van der Waals surface area contributed by atoms with Gasteiger partial charge in [-0.15, -0.1) is 0 Å². The second-order valence-corrected chi connectivity index (χ2v) is 6.05. The van der Waals surface area contributed by atoms with Crippen LogP contribution in [0.15, 0.2) is 48.5 Å². The number of quaternary nitrogens is 1. The van der Waals surface area contributed by atoms with Gasteiger partial charge in [0.1, 0.15) is 11.5 Å². The molecule has 1 heterocycles. The van der Waals surface area contributed by atoms with Gasteiger partial charge in [-0.1, -0.05) is 24.3 Å². The molecule has 2 aromatic carbocycles. The highest BCUT2D eigenvalue weighted by Gasteiger charge is 2.38. The van der Waals surface area contributed by atoms with Gasteiger partial charge in [0, 0.05) is 0 Å². The first-order valence-corrected chi connectivity index (χ1v) is 6.47. The summed E-state index contributed by atoms with van der Waals surface area (Å²) in [6.07, 6.45) is 0. The van der Waals surface area contributed by atoms with Crippen LogP contribution in [-0.4, -0.2) is 3.19 Å². The van der Waals surface area contributed by atoms with Crippen LogP contribution in [0.5, 0.6) is 11.5 Å². The van der Waals surface area contributed by atoms with Crippen LogP contribution >= 0.6 is 27.9 Å². The maximum absolute atomic E-state index is 12.1. The molecule has 18 heavy (non-hydrogen) atoms. The van der Waals surface area contributed by atoms with E-state index in [1.807, 2.05) is 48.5 Å². The predicted molar refractivity (Wildman–Crippen MR) is 73.2 cm³/mol. The third kappa shape index (κ3) is 1.91. The number of hydrogen-bond acceptors (Lipinski definition) is 2. The molecule has 2 aromatic rings. The first kappa shape index (κ1) is 12.0. The minimum absolute atomic E-state index is 0.548. The van der Waals surface area contributed by atoms with Gasteiger partial charge in [-0.2, -0.15) is 3.19 Å². The van der Waals surface area contributed by atoms with E-state index in [4.69, 9.17) is 16.5 Å². The summed E-state index contributed by atoms with van der Waals surface area (Å²) >= 11 is 8.88. The maximum atomic E-state index is 12.1. The molecule has 92 valence electrons. The van der Waals surface area contributed by atoms with Crippen LogP contribution in [0.2, 0.25) is 0 Å². The highest BCUT2D eigenvalue weighted by molar-refractivity contribution is 9.05. The molecular formula is C13H9BrClNO2. The zero-order chi connectivity index (χ0) is 12.8. The Morgan fingerprint density at radius 1 is 1.00 bits per heavy atom. The van der Waals surface area contributed by atoms with Crippen LogP contribution in [0, 0.1) is 5.21 Å². The van der Waals surface area contributed by atoms with Crippen molar-refractivity contribution >= 4 is 27.9 Å². The van der Waals surface area contributed by atoms with Crippen molar-refractivity contribution < 1.29 is 7.93 Å². The Morgan fingerprint density at radius 2 is 1.44 bits per heavy atom. The van der Waals surface area contributed by atoms with Crippen molar-refractivity contribution in [1.82, 2.24) is 0 Å². The summed E-state index contributed by atoms with van der Waals surface area (Å²) in [6, 6.07) is 14.3. The number of hydrogen-bond donors (Lipinski definition) is 0. The molecule has 3 nitrogen and oxygen atoms in total. The van der Waals surface area contributed by atoms with E-state index < -0.39 is 9.23 Å². The summed E-state index contributed by atoms with van der Waals surface area (Å²) in [5.74, 6) is 1.33. The maximum Gasteiger partial charge on any atom is 0.250 e. The Hall–Kier alpha value is -1.07. The first-order valence-electron chi connectivity index (χ1n) is 5.42. The molecule has 0 aliphatic carbocycles. The third-order valence-electron chi connectivity index (χ3n) is 2.95. The van der Waals surface area contributed by atoms with Crippen molar-refractivity contribution in [3.63, 3.8) is 0 Å². The molecule has 0 amide bonds. The highest BCUT2D eigenvalue weighted by atomic mass is 79.9. The lowest BCUT2D eigenvalue weighted by atomic mass is 9.95. The molecule has 0 saturated heterocycles. The molecule has 1 aliphatic rings. The summed E-state index contributed by atoms with van der Waals surface area (Å²) < 4.78 is 4.67. The first-order chi connectivity index (χ1) is 8.57. The second kappa shape index (κ2) is 4.24. The molecule has 0 bridgehead atoms. The lowest BCUT2D eigenvalue weighted by Crippen LogP contribution is -2.28. The summed E-state index contributed by atoms with van der Waals surface area (Å²) in [5.41, 5.74) is 1.55. The van der Waals surface area contributed by atoms with Gasteiger partial charge < -0.3 is 9.94 Å². The Labute approximate surface area is 118 Å². The fraction of sp³-hybridized carbons (Fsp3) is 0.0769. The Bertz CT molecular complexity index is 552. The number of fused-ring (bicyclic) bond motifs is 2. The van der Waals surface area contributed by atoms with Crippen molar-refractivity contribution in [2.75, 3.05) is 0 Å². The van der Waals surface area contributed by atoms with Crippen LogP contribution in [0.4, 0.5) is 0 Å². The van der Waals surface area contributed by atoms with Gasteiger partial charge >= 0.3 is 0 Å². The predicted octanol–water partition coefficient (Wildman–Crippen LogP) is 4.66. The Kier molecular flexibility index (Phi) is 2.83. The van der Waals surface area contributed by atoms with E-state index in [1.165, 1.54) is 0 Å². The van der Waals surface area contributed by atoms with Crippen molar-refractivity contribution in [2.45, 2.75) is 6.04 Å². The topological polar surface area (TPSA) is 32.3 Å². The lowest BCUT2D eigenvalue weighted by Gasteiger charge is -2.37. The van der Waals surface area contributed by atoms with Crippen molar-refractivity contribution in [2.24, 2.45) is 0 Å². The molecule has 1 atom stereocenters. The van der Waals surface area contributed by atoms with E-state index in [0.717, 1.165) is 11.1 Å². The highest BCUT2D eigenvalue weighted by Crippen LogP contribution is 2.50. The van der Waals surface area contributed by atoms with Crippen LogP contribution in [0.3, 0.4) is 0 Å². The normalized spacial score (nSPS) is 17.3. The smallest absolute Gasteiger partial charge is 0.250 e. The zero-order valence-electron chi connectivity index (χ0n) is 9.22. The number of benzene rings is 2. The molecule has 0 aromatic heterocycles. The van der Waals surface area contributed by atoms with Gasteiger partial charge in [0.15, 0.2) is 17.8 Å². The fourth-order valence-electron chi connectivity index (χ4n) is 2.21. The third-order valence-corrected chi connectivity index (χ3v) is 3.55. The van der Waals surface area contributed by atoms with E-state index in [0.29, 0.717) is 11.5 Å². The molecular weight excluding hydrogens is 318 g/mol. The SMILES string of the molecule is [O-][N+](Cl)(Br)C1c2ccccc2Oc2ccccc21. The molecule has 0 saturated carbocycles. The lowest BCUT2D eigenvalue weighted by molar-refractivity contribution is -0.623. The summed E-state index contributed by atoms with van der Waals surface area (Å²) in [6.45, 7) is 0. The standard InChI is InChI=1S/C13H9BrClNO2/c14-16(15,17)13-9-5-1-3-7-11(9)18-12-8-4-2-6-10(12)13/h1-8,13H. The average Bonchev–Trinajstić information content (AvgIpc) is 2.34. The van der Waals surface area contributed by atoms with Crippen LogP contribution in [0.1, 0.15) is 17.2 Å². The Balaban J connectivity index is 2.24. The minimum Gasteiger partial charge on any atom is -0.602 e. The average molecular weight is 327 g/mol. The number of hydroxylamine groups is 1. The number of rotatable bonds is 1. The number of halogens is 2. The molecule has 0 fully saturated rings. The van der Waals surface area contributed by atoms with Gasteiger partial charge in [0.25, 0.3) is 16.1 Å². The van der Waals surface area contributed by atoms with Gasteiger partial charge in [0.2, 0.25) is 0 Å². The molecule has 3 rings (SSSR count). The van der Waals surface area contributed by atoms with E-state index >= 15 is 0 Å². The Morgan fingerprint density at radius 3 is 1.89 bits per heavy atom. The molecule has 1 aliphatic heterocycles. The van der Waals surface area contributed by atoms with Gasteiger partial charge in [-0.3, -0.25) is 0 Å². The van der Waals surface area contributed by atoms with E-state index in [2.05, 4.69) is 16.1 Å². The zero-order valence-corrected chi connectivity index (χ0v) is 11.6. The van der Waals surface area contributed by atoms with Gasteiger partial charge in [0.05, 0.1) is 11.1 Å². The number of ether oxygens (including phenoxy) is 1. The molecule has 5 heteroatoms. The van der Waals surface area contributed by atoms with E-state index in [9.17, 15) is 5.21 Å². The van der Waals surface area contributed by atoms with Crippen LogP contribution in [-0.2, 0) is 0 Å². The molecule has 0 spiro atoms. The summed E-state index contributed by atoms with van der Waals surface area (Å²) in [4.78, 5) is 0. The second-order valence-electron chi connectivity index (χ2n) is 4.08. The monoisotopic (exact) mass is 325 g/mol. The number of nitrogens with zero attached hydrogens (tertiary/aromatic N) is 1. The van der Waals surface area contributed by atoms with Crippen molar-refractivity contribution in [1.29, 1.82) is 0 Å². The largest absolute Gasteiger partial charge is 0.602 e. The summed E-state index contributed by atoms with van der Waals surface area (Å²) in [5, 5.41) is 12.1. The van der Waals surface area contributed by atoms with E-state index in [1.54, 1.807) is 0 Å². The van der Waals surface area contributed by atoms with Crippen molar-refractivity contribution in [3.05, 3.63) is 64.9 Å². The van der Waals surface area contributed by atoms with Crippen LogP contribution in [0.25, 0.3) is 0 Å². The quantitative estimate of drug-likeness (QED) is 0.564. The van der Waals surface area contributed by atoms with Crippen LogP contribution < -0.4 is 4.74 Å². The van der Waals surface area contributed by atoms with E-state index in [-0.39, 0.29) is 0 Å². The fourth-order valence-corrected chi connectivity index (χ4v) is 2.86. The van der Waals surface area contributed by atoms with Crippen molar-refractivity contribution in [3.8, 4) is 11.5 Å². The molecule has 0 radical (unpaired) electrons. The van der Waals surface area contributed by atoms with Gasteiger partial charge in [-0.05, 0) is 24.3 Å². The van der Waals surface area contributed by atoms with Gasteiger partial charge in [-0.25, -0.2) is 0 Å². The molecule has 1 unspecified atom stereocenters.